The first-order valence-corrected chi connectivity index (χ1v) is 8.95. The van der Waals surface area contributed by atoms with Gasteiger partial charge in [0.1, 0.15) is 6.10 Å². The maximum atomic E-state index is 12.7. The van der Waals surface area contributed by atoms with Crippen molar-refractivity contribution >= 4 is 28.1 Å². The van der Waals surface area contributed by atoms with Crippen LogP contribution in [0, 0.1) is 0 Å². The Kier molecular flexibility index (Phi) is 3.98. The summed E-state index contributed by atoms with van der Waals surface area (Å²) in [5, 5.41) is 3.74. The third-order valence-corrected chi connectivity index (χ3v) is 5.16. The number of fused-ring (bicyclic) bond motifs is 1. The van der Waals surface area contributed by atoms with Crippen molar-refractivity contribution in [2.45, 2.75) is 18.9 Å². The Balaban J connectivity index is 1.43. The normalized spacial score (nSPS) is 17.5. The number of carbonyl (C=O) groups is 1. The number of amides is 1. The number of para-hydroxylation sites is 1. The Bertz CT molecular complexity index is 856. The van der Waals surface area contributed by atoms with Gasteiger partial charge in [-0.15, -0.1) is 0 Å². The van der Waals surface area contributed by atoms with Crippen molar-refractivity contribution in [2.75, 3.05) is 13.1 Å². The van der Waals surface area contributed by atoms with Gasteiger partial charge in [0.05, 0.1) is 13.0 Å². The summed E-state index contributed by atoms with van der Waals surface area (Å²) in [6, 6.07) is 8.20. The lowest BCUT2D eigenvalue weighted by Gasteiger charge is -2.16. The van der Waals surface area contributed by atoms with Crippen LogP contribution in [0.2, 0.25) is 0 Å². The maximum absolute atomic E-state index is 12.7. The third kappa shape index (κ3) is 2.89. The molecule has 4 rings (SSSR count). The largest absolute Gasteiger partial charge is 0.465 e. The molecule has 0 radical (unpaired) electrons. The molecule has 5 nitrogen and oxygen atoms in total. The first-order valence-electron chi connectivity index (χ1n) is 8.07. The number of thiazole rings is 1. The van der Waals surface area contributed by atoms with Crippen LogP contribution >= 0.6 is 11.3 Å². The van der Waals surface area contributed by atoms with E-state index in [0.29, 0.717) is 18.2 Å². The molecule has 124 valence electrons. The average Bonchev–Trinajstić information content (AvgIpc) is 3.31. The van der Waals surface area contributed by atoms with Crippen molar-refractivity contribution in [3.05, 3.63) is 47.6 Å². The zero-order valence-corrected chi connectivity index (χ0v) is 14.3. The number of hydrogen-bond acceptors (Lipinski definition) is 4. The van der Waals surface area contributed by atoms with E-state index in [9.17, 15) is 4.79 Å². The first-order chi connectivity index (χ1) is 11.7. The summed E-state index contributed by atoms with van der Waals surface area (Å²) in [4.78, 5) is 18.7. The lowest BCUT2D eigenvalue weighted by Crippen LogP contribution is -2.32. The Morgan fingerprint density at radius 1 is 1.42 bits per heavy atom. The van der Waals surface area contributed by atoms with Gasteiger partial charge < -0.3 is 14.2 Å². The van der Waals surface area contributed by atoms with Crippen molar-refractivity contribution in [1.29, 1.82) is 0 Å². The Morgan fingerprint density at radius 3 is 3.12 bits per heavy atom. The molecule has 0 spiro atoms. The van der Waals surface area contributed by atoms with E-state index in [1.165, 1.54) is 11.3 Å². The minimum Gasteiger partial charge on any atom is -0.465 e. The molecule has 1 fully saturated rings. The van der Waals surface area contributed by atoms with Crippen LogP contribution in [0.1, 0.15) is 12.0 Å². The standard InChI is InChI=1S/C18H19N3O2S/c1-20-11-13(15-4-2-3-5-16(15)20)10-17(22)21-8-6-14(12-21)23-18-19-7-9-24-18/h2-5,7,9,11,14H,6,8,10,12H2,1H3. The van der Waals surface area contributed by atoms with E-state index in [0.717, 1.165) is 29.4 Å². The van der Waals surface area contributed by atoms with E-state index >= 15 is 0 Å². The molecule has 1 unspecified atom stereocenters. The van der Waals surface area contributed by atoms with Crippen LogP contribution in [0.15, 0.2) is 42.0 Å². The van der Waals surface area contributed by atoms with Gasteiger partial charge >= 0.3 is 0 Å². The van der Waals surface area contributed by atoms with Gasteiger partial charge in [0, 0.05) is 48.7 Å². The molecule has 1 aromatic carbocycles. The predicted octanol–water partition coefficient (Wildman–Crippen LogP) is 2.86. The number of hydrogen-bond donors (Lipinski definition) is 0. The number of rotatable bonds is 4. The molecule has 0 saturated carbocycles. The quantitative estimate of drug-likeness (QED) is 0.733. The third-order valence-electron chi connectivity index (χ3n) is 4.50. The second kappa shape index (κ2) is 6.28. The Hall–Kier alpha value is -2.34. The molecule has 1 aliphatic heterocycles. The van der Waals surface area contributed by atoms with E-state index < -0.39 is 0 Å². The number of ether oxygens (including phenoxy) is 1. The van der Waals surface area contributed by atoms with Crippen LogP contribution < -0.4 is 4.74 Å². The Labute approximate surface area is 144 Å². The lowest BCUT2D eigenvalue weighted by atomic mass is 10.1. The van der Waals surface area contributed by atoms with Crippen LogP contribution in [0.3, 0.4) is 0 Å². The highest BCUT2D eigenvalue weighted by Gasteiger charge is 2.28. The highest BCUT2D eigenvalue weighted by atomic mass is 32.1. The summed E-state index contributed by atoms with van der Waals surface area (Å²) >= 11 is 1.49. The van der Waals surface area contributed by atoms with Crippen LogP contribution in [0.5, 0.6) is 5.19 Å². The fourth-order valence-corrected chi connectivity index (χ4v) is 3.85. The van der Waals surface area contributed by atoms with Crippen molar-refractivity contribution < 1.29 is 9.53 Å². The molecule has 2 aromatic heterocycles. The minimum atomic E-state index is 0.0487. The number of benzene rings is 1. The maximum Gasteiger partial charge on any atom is 0.273 e. The molecule has 3 aromatic rings. The second-order valence-corrected chi connectivity index (χ2v) is 6.98. The van der Waals surface area contributed by atoms with E-state index in [4.69, 9.17) is 4.74 Å². The summed E-state index contributed by atoms with van der Waals surface area (Å²) in [6.45, 7) is 1.39. The molecular formula is C18H19N3O2S. The average molecular weight is 341 g/mol. The van der Waals surface area contributed by atoms with Crippen molar-refractivity contribution in [2.24, 2.45) is 7.05 Å². The second-order valence-electron chi connectivity index (χ2n) is 6.13. The van der Waals surface area contributed by atoms with Crippen molar-refractivity contribution in [3.8, 4) is 5.19 Å². The van der Waals surface area contributed by atoms with Crippen LogP contribution in [-0.4, -0.2) is 39.6 Å². The lowest BCUT2D eigenvalue weighted by molar-refractivity contribution is -0.129. The van der Waals surface area contributed by atoms with E-state index in [1.54, 1.807) is 6.20 Å². The molecule has 0 N–H and O–H groups in total. The highest BCUT2D eigenvalue weighted by Crippen LogP contribution is 2.23. The van der Waals surface area contributed by atoms with E-state index in [-0.39, 0.29) is 12.0 Å². The predicted molar refractivity (Wildman–Crippen MR) is 94.4 cm³/mol. The van der Waals surface area contributed by atoms with Gasteiger partial charge in [-0.2, -0.15) is 0 Å². The zero-order valence-electron chi connectivity index (χ0n) is 13.5. The molecule has 3 heterocycles. The van der Waals surface area contributed by atoms with Crippen molar-refractivity contribution in [3.63, 3.8) is 0 Å². The summed E-state index contributed by atoms with van der Waals surface area (Å²) in [5.74, 6) is 0.164. The smallest absolute Gasteiger partial charge is 0.273 e. The summed E-state index contributed by atoms with van der Waals surface area (Å²) in [5.41, 5.74) is 2.24. The number of carbonyl (C=O) groups excluding carboxylic acids is 1. The Morgan fingerprint density at radius 2 is 2.29 bits per heavy atom. The number of likely N-dealkylation sites (tertiary alicyclic amines) is 1. The summed E-state index contributed by atoms with van der Waals surface area (Å²) in [6.07, 6.45) is 5.14. The topological polar surface area (TPSA) is 47.4 Å². The monoisotopic (exact) mass is 341 g/mol. The highest BCUT2D eigenvalue weighted by molar-refractivity contribution is 7.11. The molecule has 0 bridgehead atoms. The minimum absolute atomic E-state index is 0.0487. The van der Waals surface area contributed by atoms with Gasteiger partial charge in [-0.3, -0.25) is 4.79 Å². The van der Waals surface area contributed by atoms with Gasteiger partial charge in [-0.25, -0.2) is 4.98 Å². The number of aryl methyl sites for hydroxylation is 1. The molecule has 24 heavy (non-hydrogen) atoms. The van der Waals surface area contributed by atoms with Gasteiger partial charge in [0.15, 0.2) is 0 Å². The van der Waals surface area contributed by atoms with E-state index in [1.807, 2.05) is 29.5 Å². The SMILES string of the molecule is Cn1cc(CC(=O)N2CCC(Oc3nccs3)C2)c2ccccc21. The number of nitrogens with zero attached hydrogens (tertiary/aromatic N) is 3. The summed E-state index contributed by atoms with van der Waals surface area (Å²) < 4.78 is 7.91. The van der Waals surface area contributed by atoms with Crippen LogP contribution in [0.25, 0.3) is 10.9 Å². The van der Waals surface area contributed by atoms with Crippen LogP contribution in [-0.2, 0) is 18.3 Å². The molecule has 1 saturated heterocycles. The van der Waals surface area contributed by atoms with Gasteiger partial charge in [-0.05, 0) is 11.6 Å². The van der Waals surface area contributed by atoms with Crippen LogP contribution in [0.4, 0.5) is 0 Å². The molecule has 1 amide bonds. The fraction of sp³-hybridized carbons (Fsp3) is 0.333. The summed E-state index contributed by atoms with van der Waals surface area (Å²) in [7, 11) is 2.02. The zero-order chi connectivity index (χ0) is 16.5. The number of aromatic nitrogens is 2. The fourth-order valence-electron chi connectivity index (χ4n) is 3.30. The van der Waals surface area contributed by atoms with Crippen molar-refractivity contribution in [1.82, 2.24) is 14.5 Å². The van der Waals surface area contributed by atoms with Gasteiger partial charge in [0.25, 0.3) is 5.19 Å². The molecule has 0 aliphatic carbocycles. The van der Waals surface area contributed by atoms with Gasteiger partial charge in [-0.1, -0.05) is 29.5 Å². The molecular weight excluding hydrogens is 322 g/mol. The first kappa shape index (κ1) is 15.2. The van der Waals surface area contributed by atoms with E-state index in [2.05, 4.69) is 27.9 Å². The molecule has 6 heteroatoms. The van der Waals surface area contributed by atoms with Gasteiger partial charge in [0.2, 0.25) is 5.91 Å². The molecule has 1 aliphatic rings. The molecule has 1 atom stereocenters.